The average molecular weight is 197 g/mol. The lowest BCUT2D eigenvalue weighted by Gasteiger charge is -2.03. The summed E-state index contributed by atoms with van der Waals surface area (Å²) in [5.41, 5.74) is 0. The second-order valence-electron chi connectivity index (χ2n) is 2.84. The molecule has 1 aliphatic heterocycles. The Labute approximate surface area is 81.2 Å². The van der Waals surface area contributed by atoms with Gasteiger partial charge >= 0.3 is 0 Å². The van der Waals surface area contributed by atoms with Gasteiger partial charge in [0.15, 0.2) is 0 Å². The maximum Gasteiger partial charge on any atom is 0.236 e. The smallest absolute Gasteiger partial charge is 0.236 e. The van der Waals surface area contributed by atoms with Crippen molar-refractivity contribution in [2.75, 3.05) is 26.4 Å². The van der Waals surface area contributed by atoms with Gasteiger partial charge in [-0.3, -0.25) is 0 Å². The molecule has 76 valence electrons. The largest absolute Gasteiger partial charge is 0.474 e. The van der Waals surface area contributed by atoms with Crippen LogP contribution in [0, 0.1) is 0 Å². The van der Waals surface area contributed by atoms with E-state index in [1.807, 2.05) is 0 Å². The molecule has 14 heavy (non-hydrogen) atoms. The number of epoxide rings is 1. The lowest BCUT2D eigenvalue weighted by atomic mass is 10.5. The molecule has 0 aliphatic carbocycles. The molecule has 0 radical (unpaired) electrons. The van der Waals surface area contributed by atoms with Crippen LogP contribution in [0.4, 0.5) is 0 Å². The Morgan fingerprint density at radius 1 is 1.50 bits per heavy atom. The molecule has 0 N–H and O–H groups in total. The van der Waals surface area contributed by atoms with Crippen LogP contribution in [0.5, 0.6) is 5.88 Å². The fourth-order valence-corrected chi connectivity index (χ4v) is 0.891. The molecule has 1 atom stereocenters. The SMILES string of the molecule is c1cc(OCCOCC2CO2)nnn1. The first-order valence-corrected chi connectivity index (χ1v) is 4.41. The van der Waals surface area contributed by atoms with E-state index in [2.05, 4.69) is 15.4 Å². The number of ether oxygens (including phenoxy) is 3. The molecule has 6 nitrogen and oxygen atoms in total. The van der Waals surface area contributed by atoms with Gasteiger partial charge in [-0.25, -0.2) is 0 Å². The highest BCUT2D eigenvalue weighted by molar-refractivity contribution is 5.01. The topological polar surface area (TPSA) is 69.7 Å². The van der Waals surface area contributed by atoms with E-state index < -0.39 is 0 Å². The second kappa shape index (κ2) is 4.83. The third-order valence-corrected chi connectivity index (χ3v) is 1.66. The summed E-state index contributed by atoms with van der Waals surface area (Å²) in [5, 5.41) is 10.6. The zero-order chi connectivity index (χ0) is 9.64. The molecule has 0 spiro atoms. The van der Waals surface area contributed by atoms with Crippen LogP contribution >= 0.6 is 0 Å². The van der Waals surface area contributed by atoms with E-state index >= 15 is 0 Å². The van der Waals surface area contributed by atoms with Gasteiger partial charge in [-0.15, -0.1) is 5.10 Å². The van der Waals surface area contributed by atoms with Crippen molar-refractivity contribution in [3.05, 3.63) is 12.3 Å². The van der Waals surface area contributed by atoms with Crippen LogP contribution in [0.2, 0.25) is 0 Å². The van der Waals surface area contributed by atoms with Crippen LogP contribution in [0.3, 0.4) is 0 Å². The van der Waals surface area contributed by atoms with Gasteiger partial charge < -0.3 is 14.2 Å². The van der Waals surface area contributed by atoms with E-state index in [1.165, 1.54) is 6.20 Å². The van der Waals surface area contributed by atoms with Gasteiger partial charge in [0.05, 0.1) is 26.0 Å². The molecule has 1 aliphatic rings. The fraction of sp³-hybridized carbons (Fsp3) is 0.625. The predicted octanol–water partition coefficient (Wildman–Crippen LogP) is -0.334. The molecule has 6 heteroatoms. The summed E-state index contributed by atoms with van der Waals surface area (Å²) < 4.78 is 15.5. The number of nitrogens with zero attached hydrogens (tertiary/aromatic N) is 3. The first kappa shape index (κ1) is 9.29. The molecule has 1 saturated heterocycles. The number of hydrogen-bond acceptors (Lipinski definition) is 6. The van der Waals surface area contributed by atoms with Crippen molar-refractivity contribution in [3.63, 3.8) is 0 Å². The van der Waals surface area contributed by atoms with Crippen molar-refractivity contribution in [3.8, 4) is 5.88 Å². The van der Waals surface area contributed by atoms with Crippen LogP contribution < -0.4 is 4.74 Å². The van der Waals surface area contributed by atoms with Crippen LogP contribution in [-0.4, -0.2) is 47.9 Å². The molecule has 0 saturated carbocycles. The second-order valence-corrected chi connectivity index (χ2v) is 2.84. The van der Waals surface area contributed by atoms with Gasteiger partial charge in [0.1, 0.15) is 12.7 Å². The lowest BCUT2D eigenvalue weighted by Crippen LogP contribution is -2.10. The molecule has 1 aromatic heterocycles. The minimum atomic E-state index is 0.302. The predicted molar refractivity (Wildman–Crippen MR) is 45.9 cm³/mol. The van der Waals surface area contributed by atoms with Gasteiger partial charge in [0.2, 0.25) is 5.88 Å². The maximum absolute atomic E-state index is 5.27. The van der Waals surface area contributed by atoms with E-state index in [0.29, 0.717) is 31.8 Å². The number of hydrogen-bond donors (Lipinski definition) is 0. The van der Waals surface area contributed by atoms with Gasteiger partial charge in [-0.1, -0.05) is 5.10 Å². The Bertz CT molecular complexity index is 266. The summed E-state index contributed by atoms with van der Waals surface area (Å²) in [5.74, 6) is 0.464. The minimum Gasteiger partial charge on any atom is -0.474 e. The highest BCUT2D eigenvalue weighted by atomic mass is 16.6. The number of aromatic nitrogens is 3. The monoisotopic (exact) mass is 197 g/mol. The van der Waals surface area contributed by atoms with Crippen molar-refractivity contribution in [1.29, 1.82) is 0 Å². The third kappa shape index (κ3) is 3.23. The zero-order valence-electron chi connectivity index (χ0n) is 7.63. The van der Waals surface area contributed by atoms with Crippen molar-refractivity contribution in [2.24, 2.45) is 0 Å². The Morgan fingerprint density at radius 3 is 3.14 bits per heavy atom. The molecular formula is C8H11N3O3. The van der Waals surface area contributed by atoms with E-state index in [1.54, 1.807) is 6.07 Å². The molecule has 0 aromatic carbocycles. The molecule has 2 heterocycles. The Kier molecular flexibility index (Phi) is 3.20. The summed E-state index contributed by atoms with van der Waals surface area (Å²) in [7, 11) is 0. The Hall–Kier alpha value is -1.27. The van der Waals surface area contributed by atoms with Gasteiger partial charge in [-0.05, 0) is 5.21 Å². The minimum absolute atomic E-state index is 0.302. The molecule has 1 fully saturated rings. The summed E-state index contributed by atoms with van der Waals surface area (Å²) in [6.07, 6.45) is 1.83. The molecule has 2 rings (SSSR count). The molecule has 1 aromatic rings. The molecule has 0 amide bonds. The standard InChI is InChI=1S/C8H11N3O3/c1-2-9-11-10-8(1)13-4-3-12-5-7-6-14-7/h1-2,7H,3-6H2. The Balaban J connectivity index is 1.54. The van der Waals surface area contributed by atoms with Crippen molar-refractivity contribution in [1.82, 2.24) is 15.4 Å². The lowest BCUT2D eigenvalue weighted by molar-refractivity contribution is 0.0861. The van der Waals surface area contributed by atoms with Crippen LogP contribution in [0.25, 0.3) is 0 Å². The molecular weight excluding hydrogens is 186 g/mol. The van der Waals surface area contributed by atoms with E-state index in [-0.39, 0.29) is 0 Å². The average Bonchev–Trinajstić information content (AvgIpc) is 3.03. The van der Waals surface area contributed by atoms with Crippen molar-refractivity contribution < 1.29 is 14.2 Å². The van der Waals surface area contributed by atoms with Crippen molar-refractivity contribution in [2.45, 2.75) is 6.10 Å². The van der Waals surface area contributed by atoms with Gasteiger partial charge in [0.25, 0.3) is 0 Å². The van der Waals surface area contributed by atoms with E-state index in [9.17, 15) is 0 Å². The normalized spacial score (nSPS) is 19.3. The maximum atomic E-state index is 5.27. The number of rotatable bonds is 6. The zero-order valence-corrected chi connectivity index (χ0v) is 7.63. The van der Waals surface area contributed by atoms with Crippen molar-refractivity contribution >= 4 is 0 Å². The summed E-state index contributed by atoms with van der Waals surface area (Å²) >= 11 is 0. The molecule has 1 unspecified atom stereocenters. The summed E-state index contributed by atoms with van der Waals surface area (Å²) in [4.78, 5) is 0. The first-order valence-electron chi connectivity index (χ1n) is 4.41. The van der Waals surface area contributed by atoms with E-state index in [0.717, 1.165) is 6.61 Å². The van der Waals surface area contributed by atoms with Crippen LogP contribution in [-0.2, 0) is 9.47 Å². The van der Waals surface area contributed by atoms with Crippen LogP contribution in [0.1, 0.15) is 0 Å². The fourth-order valence-electron chi connectivity index (χ4n) is 0.891. The summed E-state index contributed by atoms with van der Waals surface area (Å²) in [6.45, 7) is 2.46. The Morgan fingerprint density at radius 2 is 2.43 bits per heavy atom. The van der Waals surface area contributed by atoms with E-state index in [4.69, 9.17) is 14.2 Å². The quantitative estimate of drug-likeness (QED) is 0.459. The molecule has 0 bridgehead atoms. The summed E-state index contributed by atoms with van der Waals surface area (Å²) in [6, 6.07) is 1.65. The highest BCUT2D eigenvalue weighted by Gasteiger charge is 2.21. The third-order valence-electron chi connectivity index (χ3n) is 1.66. The van der Waals surface area contributed by atoms with Gasteiger partial charge in [0, 0.05) is 6.07 Å². The first-order chi connectivity index (χ1) is 6.95. The van der Waals surface area contributed by atoms with Crippen LogP contribution in [0.15, 0.2) is 12.3 Å². The van der Waals surface area contributed by atoms with Gasteiger partial charge in [-0.2, -0.15) is 0 Å². The highest BCUT2D eigenvalue weighted by Crippen LogP contribution is 2.08.